The van der Waals surface area contributed by atoms with Gasteiger partial charge in [0, 0.05) is 44.8 Å². The molecule has 7 nitrogen and oxygen atoms in total. The average molecular weight is 481 g/mol. The van der Waals surface area contributed by atoms with Gasteiger partial charge in [-0.3, -0.25) is 9.80 Å². The van der Waals surface area contributed by atoms with Crippen LogP contribution in [-0.2, 0) is 11.3 Å². The molecule has 5 rings (SSSR count). The second-order valence-electron chi connectivity index (χ2n) is 10.1. The molecule has 2 saturated heterocycles. The number of rotatable bonds is 7. The fourth-order valence-electron chi connectivity index (χ4n) is 4.81. The van der Waals surface area contributed by atoms with E-state index in [0.717, 1.165) is 42.1 Å². The van der Waals surface area contributed by atoms with Crippen LogP contribution in [0.4, 0.5) is 4.79 Å². The lowest BCUT2D eigenvalue weighted by Gasteiger charge is -2.34. The summed E-state index contributed by atoms with van der Waals surface area (Å²) in [6, 6.07) is 17.6. The van der Waals surface area contributed by atoms with Crippen LogP contribution in [0.15, 0.2) is 48.5 Å². The molecule has 0 radical (unpaired) electrons. The van der Waals surface area contributed by atoms with Gasteiger partial charge in [-0.2, -0.15) is 0 Å². The van der Waals surface area contributed by atoms with E-state index in [4.69, 9.17) is 9.47 Å². The molecule has 0 saturated carbocycles. The van der Waals surface area contributed by atoms with Gasteiger partial charge < -0.3 is 14.8 Å². The highest BCUT2D eigenvalue weighted by Crippen LogP contribution is 2.33. The number of carbonyl (C=O) groups is 1. The maximum atomic E-state index is 11.8. The Kier molecular flexibility index (Phi) is 6.46. The number of benzene rings is 2. The number of nitrogens with zero attached hydrogens (tertiary/aromatic N) is 3. The molecule has 3 heterocycles. The third kappa shape index (κ3) is 5.51. The zero-order valence-corrected chi connectivity index (χ0v) is 20.8. The van der Waals surface area contributed by atoms with Crippen LogP contribution in [0, 0.1) is 0 Å². The minimum absolute atomic E-state index is 0.339. The molecule has 3 aromatic rings. The number of nitrogens with one attached hydrogen (secondary N) is 1. The van der Waals surface area contributed by atoms with Crippen LogP contribution in [0.5, 0.6) is 10.9 Å². The molecule has 0 unspecified atom stereocenters. The summed E-state index contributed by atoms with van der Waals surface area (Å²) in [5.74, 6) is 0.814. The summed E-state index contributed by atoms with van der Waals surface area (Å²) in [5, 5.41) is 3.55. The number of thiazole rings is 1. The lowest BCUT2D eigenvalue weighted by atomic mass is 10.2. The van der Waals surface area contributed by atoms with Crippen molar-refractivity contribution in [1.82, 2.24) is 20.1 Å². The van der Waals surface area contributed by atoms with Crippen LogP contribution in [0.3, 0.4) is 0 Å². The van der Waals surface area contributed by atoms with Gasteiger partial charge in [0.05, 0.1) is 10.2 Å². The summed E-state index contributed by atoms with van der Waals surface area (Å²) < 4.78 is 12.4. The van der Waals surface area contributed by atoms with Gasteiger partial charge in [0.2, 0.25) is 0 Å². The predicted octanol–water partition coefficient (Wildman–Crippen LogP) is 4.87. The Morgan fingerprint density at radius 1 is 1.09 bits per heavy atom. The topological polar surface area (TPSA) is 66.9 Å². The standard InChI is InChI=1S/C26H32N4O3S/c1-26(2,3)33-24(31)27-12-13-29-16-20-14-19(29)17-30(20)15-18-8-10-21(11-9-18)32-25-28-22-6-4-5-7-23(22)34-25/h4-11,19-20H,12-17H2,1-3H3,(H,27,31)/t19-,20-/m0/s1. The van der Waals surface area contributed by atoms with Crippen molar-refractivity contribution in [3.05, 3.63) is 54.1 Å². The highest BCUT2D eigenvalue weighted by Gasteiger charge is 2.42. The molecular weight excluding hydrogens is 448 g/mol. The Labute approximate surface area is 204 Å². The molecule has 2 bridgehead atoms. The monoisotopic (exact) mass is 480 g/mol. The molecule has 0 spiro atoms. The third-order valence-electron chi connectivity index (χ3n) is 6.32. The molecule has 2 aliphatic rings. The second-order valence-corrected chi connectivity index (χ2v) is 11.1. The number of ether oxygens (including phenoxy) is 2. The highest BCUT2D eigenvalue weighted by atomic mass is 32.1. The Morgan fingerprint density at radius 3 is 2.53 bits per heavy atom. The van der Waals surface area contributed by atoms with E-state index >= 15 is 0 Å². The van der Waals surface area contributed by atoms with E-state index in [1.54, 1.807) is 11.3 Å². The normalized spacial score (nSPS) is 20.7. The highest BCUT2D eigenvalue weighted by molar-refractivity contribution is 7.20. The van der Waals surface area contributed by atoms with Crippen LogP contribution in [0.2, 0.25) is 0 Å². The minimum Gasteiger partial charge on any atom is -0.444 e. The van der Waals surface area contributed by atoms with Crippen LogP contribution >= 0.6 is 11.3 Å². The zero-order valence-electron chi connectivity index (χ0n) is 20.0. The average Bonchev–Trinajstić information content (AvgIpc) is 3.47. The number of amides is 1. The van der Waals surface area contributed by atoms with Crippen LogP contribution < -0.4 is 10.1 Å². The Balaban J connectivity index is 1.08. The Bertz CT molecular complexity index is 1110. The van der Waals surface area contributed by atoms with Crippen molar-refractivity contribution in [2.24, 2.45) is 0 Å². The van der Waals surface area contributed by atoms with Crippen molar-refractivity contribution < 1.29 is 14.3 Å². The van der Waals surface area contributed by atoms with Crippen molar-refractivity contribution in [2.75, 3.05) is 26.2 Å². The van der Waals surface area contributed by atoms with E-state index < -0.39 is 5.60 Å². The molecule has 2 fully saturated rings. The van der Waals surface area contributed by atoms with E-state index in [1.807, 2.05) is 51.1 Å². The first-order valence-electron chi connectivity index (χ1n) is 11.9. The smallest absolute Gasteiger partial charge is 0.407 e. The zero-order chi connectivity index (χ0) is 23.7. The van der Waals surface area contributed by atoms with Crippen molar-refractivity contribution in [1.29, 1.82) is 0 Å². The molecule has 0 aliphatic carbocycles. The largest absolute Gasteiger partial charge is 0.444 e. The number of fused-ring (bicyclic) bond motifs is 3. The van der Waals surface area contributed by atoms with Gasteiger partial charge in [0.1, 0.15) is 11.4 Å². The third-order valence-corrected chi connectivity index (χ3v) is 7.24. The molecule has 1 aromatic heterocycles. The van der Waals surface area contributed by atoms with Crippen LogP contribution in [-0.4, -0.2) is 64.7 Å². The minimum atomic E-state index is -0.461. The molecular formula is C26H32N4O3S. The van der Waals surface area contributed by atoms with Crippen molar-refractivity contribution in [2.45, 2.75) is 51.4 Å². The number of hydrogen-bond acceptors (Lipinski definition) is 7. The Morgan fingerprint density at radius 2 is 1.82 bits per heavy atom. The number of carbonyl (C=O) groups excluding carboxylic acids is 1. The lowest BCUT2D eigenvalue weighted by Crippen LogP contribution is -2.48. The first-order chi connectivity index (χ1) is 16.3. The second kappa shape index (κ2) is 9.52. The number of alkyl carbamates (subject to hydrolysis) is 1. The molecule has 2 aromatic carbocycles. The summed E-state index contributed by atoms with van der Waals surface area (Å²) in [7, 11) is 0. The number of aromatic nitrogens is 1. The molecule has 8 heteroatoms. The lowest BCUT2D eigenvalue weighted by molar-refractivity contribution is 0.0514. The molecule has 2 aliphatic heterocycles. The molecule has 34 heavy (non-hydrogen) atoms. The summed E-state index contributed by atoms with van der Waals surface area (Å²) >= 11 is 1.56. The van der Waals surface area contributed by atoms with Gasteiger partial charge in [-0.15, -0.1) is 0 Å². The number of piperazine rings is 1. The number of hydrogen-bond donors (Lipinski definition) is 1. The Hall–Kier alpha value is -2.68. The summed E-state index contributed by atoms with van der Waals surface area (Å²) in [5.41, 5.74) is 1.80. The molecule has 1 N–H and O–H groups in total. The molecule has 1 amide bonds. The SMILES string of the molecule is CC(C)(C)OC(=O)NCCN1C[C@@H]2C[C@H]1CN2Cc1ccc(Oc2nc3ccccc3s2)cc1. The van der Waals surface area contributed by atoms with E-state index in [2.05, 4.69) is 38.3 Å². The van der Waals surface area contributed by atoms with Gasteiger partial charge in [-0.25, -0.2) is 9.78 Å². The molecule has 2 atom stereocenters. The first-order valence-corrected chi connectivity index (χ1v) is 12.7. The van der Waals surface area contributed by atoms with Gasteiger partial charge >= 0.3 is 6.09 Å². The fraction of sp³-hybridized carbons (Fsp3) is 0.462. The van der Waals surface area contributed by atoms with Gasteiger partial charge in [0.25, 0.3) is 5.19 Å². The van der Waals surface area contributed by atoms with Gasteiger partial charge in [-0.1, -0.05) is 35.6 Å². The van der Waals surface area contributed by atoms with Gasteiger partial charge in [0.15, 0.2) is 0 Å². The van der Waals surface area contributed by atoms with Crippen molar-refractivity contribution in [3.8, 4) is 10.9 Å². The van der Waals surface area contributed by atoms with Gasteiger partial charge in [-0.05, 0) is 57.0 Å². The first kappa shape index (κ1) is 23.1. The van der Waals surface area contributed by atoms with Crippen LogP contribution in [0.25, 0.3) is 10.2 Å². The predicted molar refractivity (Wildman–Crippen MR) is 135 cm³/mol. The van der Waals surface area contributed by atoms with Crippen molar-refractivity contribution in [3.63, 3.8) is 0 Å². The quantitative estimate of drug-likeness (QED) is 0.520. The van der Waals surface area contributed by atoms with Crippen LogP contribution in [0.1, 0.15) is 32.8 Å². The summed E-state index contributed by atoms with van der Waals surface area (Å²) in [4.78, 5) is 21.5. The maximum Gasteiger partial charge on any atom is 0.407 e. The number of likely N-dealkylation sites (tertiary alicyclic amines) is 2. The summed E-state index contributed by atoms with van der Waals surface area (Å²) in [6.07, 6.45) is 0.861. The van der Waals surface area contributed by atoms with Crippen molar-refractivity contribution >= 4 is 27.6 Å². The number of para-hydroxylation sites is 1. The molecule has 180 valence electrons. The van der Waals surface area contributed by atoms with E-state index in [9.17, 15) is 4.79 Å². The van der Waals surface area contributed by atoms with E-state index in [-0.39, 0.29) is 6.09 Å². The maximum absolute atomic E-state index is 11.8. The van der Waals surface area contributed by atoms with E-state index in [0.29, 0.717) is 23.8 Å². The fourth-order valence-corrected chi connectivity index (χ4v) is 5.64. The van der Waals surface area contributed by atoms with E-state index in [1.165, 1.54) is 12.0 Å². The summed E-state index contributed by atoms with van der Waals surface area (Å²) in [6.45, 7) is 10.2.